The van der Waals surface area contributed by atoms with Crippen molar-refractivity contribution in [2.24, 2.45) is 0 Å². The van der Waals surface area contributed by atoms with Gasteiger partial charge in [0.25, 0.3) is 0 Å². The van der Waals surface area contributed by atoms with Crippen LogP contribution in [0.25, 0.3) is 0 Å². The Morgan fingerprint density at radius 2 is 1.00 bits per heavy atom. The SMILES string of the molecule is O[Si](O)(O)O.[H-].[Na+].[SnH2]. The average Bonchev–Trinajstić information content (AvgIpc) is 0.722. The van der Waals surface area contributed by atoms with Crippen LogP contribution < -0.4 is 29.6 Å². The fourth-order valence-electron chi connectivity index (χ4n) is 0. The first-order chi connectivity index (χ1) is 2.00. The van der Waals surface area contributed by atoms with Crippen LogP contribution in [0.3, 0.4) is 0 Å². The standard InChI is InChI=1S/Na.H4O4Si.Sn.3H/c;1-5(2,3)4;;;;/h;1-4H;;;;/q+1;;;;;-1. The molecule has 0 saturated heterocycles. The zero-order chi connectivity index (χ0) is 4.50. The van der Waals surface area contributed by atoms with E-state index in [0.717, 1.165) is 0 Å². The van der Waals surface area contributed by atoms with Gasteiger partial charge >= 0.3 is 62.5 Å². The van der Waals surface area contributed by atoms with Gasteiger partial charge in [-0.1, -0.05) is 0 Å². The predicted octanol–water partition coefficient (Wildman–Crippen LogP) is -6.41. The summed E-state index contributed by atoms with van der Waals surface area (Å²) in [5.74, 6) is 0. The van der Waals surface area contributed by atoms with Crippen molar-refractivity contribution in [2.45, 2.75) is 0 Å². The molecule has 0 unspecified atom stereocenters. The molecule has 0 spiro atoms. The van der Waals surface area contributed by atoms with Crippen LogP contribution in [0.15, 0.2) is 0 Å². The van der Waals surface area contributed by atoms with E-state index < -0.39 is 9.05 Å². The normalized spacial score (nSPS) is 8.57. The fourth-order valence-corrected chi connectivity index (χ4v) is 0. The summed E-state index contributed by atoms with van der Waals surface area (Å²) in [5.41, 5.74) is 0. The van der Waals surface area contributed by atoms with E-state index >= 15 is 0 Å². The monoisotopic (exact) mass is 242 g/mol. The van der Waals surface area contributed by atoms with E-state index in [2.05, 4.69) is 0 Å². The van der Waals surface area contributed by atoms with Gasteiger partial charge in [0.05, 0.1) is 0 Å². The molecule has 0 aliphatic rings. The number of hydrogen-bond donors (Lipinski definition) is 4. The summed E-state index contributed by atoms with van der Waals surface area (Å²) < 4.78 is 0. The van der Waals surface area contributed by atoms with E-state index in [1.165, 1.54) is 0 Å². The topological polar surface area (TPSA) is 80.9 Å². The van der Waals surface area contributed by atoms with Crippen molar-refractivity contribution in [3.05, 3.63) is 0 Å². The molecule has 0 aliphatic heterocycles. The molecule has 0 aliphatic carbocycles. The second-order valence-electron chi connectivity index (χ2n) is 0.600. The van der Waals surface area contributed by atoms with Gasteiger partial charge in [0.1, 0.15) is 0 Å². The molecule has 0 saturated carbocycles. The maximum absolute atomic E-state index is 7.33. The molecular formula is H7NaO4SiSn. The number of rotatable bonds is 0. The van der Waals surface area contributed by atoms with E-state index in [9.17, 15) is 0 Å². The van der Waals surface area contributed by atoms with E-state index in [4.69, 9.17) is 19.2 Å². The average molecular weight is 241 g/mol. The molecule has 0 fully saturated rings. The van der Waals surface area contributed by atoms with Gasteiger partial charge in [-0.25, -0.2) is 0 Å². The molecule has 2 radical (unpaired) electrons. The first-order valence-corrected chi connectivity index (χ1v) is 2.68. The summed E-state index contributed by atoms with van der Waals surface area (Å²) in [6.07, 6.45) is 0. The van der Waals surface area contributed by atoms with Crippen molar-refractivity contribution in [3.8, 4) is 0 Å². The minimum absolute atomic E-state index is 0. The number of hydrogen-bond acceptors (Lipinski definition) is 4. The molecule has 0 aromatic carbocycles. The third-order valence-electron chi connectivity index (χ3n) is 0. The summed E-state index contributed by atoms with van der Waals surface area (Å²) in [6, 6.07) is 0. The molecular weight excluding hydrogens is 234 g/mol. The zero-order valence-electron chi connectivity index (χ0n) is 5.00. The Labute approximate surface area is 82.4 Å². The van der Waals surface area contributed by atoms with Crippen LogP contribution >= 0.6 is 0 Å². The van der Waals surface area contributed by atoms with Crippen LogP contribution in [0.4, 0.5) is 0 Å². The van der Waals surface area contributed by atoms with E-state index in [0.29, 0.717) is 0 Å². The van der Waals surface area contributed by atoms with Crippen LogP contribution in [0.1, 0.15) is 1.43 Å². The first-order valence-electron chi connectivity index (χ1n) is 0.894. The first kappa shape index (κ1) is 15.9. The van der Waals surface area contributed by atoms with E-state index in [-0.39, 0.29) is 54.9 Å². The van der Waals surface area contributed by atoms with Gasteiger partial charge < -0.3 is 20.6 Å². The van der Waals surface area contributed by atoms with Gasteiger partial charge in [-0.15, -0.1) is 0 Å². The maximum atomic E-state index is 7.33. The van der Waals surface area contributed by atoms with Crippen LogP contribution in [0.5, 0.6) is 0 Å². The summed E-state index contributed by atoms with van der Waals surface area (Å²) in [4.78, 5) is 29.3. The molecule has 0 aromatic rings. The Bertz CT molecular complexity index is 31.5. The fraction of sp³-hybridized carbons (Fsp3) is 0. The summed E-state index contributed by atoms with van der Waals surface area (Å²) in [6.45, 7) is 0. The van der Waals surface area contributed by atoms with Gasteiger partial charge in [-0.2, -0.15) is 0 Å². The van der Waals surface area contributed by atoms with E-state index in [1.54, 1.807) is 0 Å². The zero-order valence-corrected chi connectivity index (χ0v) is 11.0. The van der Waals surface area contributed by atoms with Gasteiger partial charge in [0, 0.05) is 0 Å². The molecule has 0 aromatic heterocycles. The van der Waals surface area contributed by atoms with Gasteiger partial charge in [0.2, 0.25) is 0 Å². The van der Waals surface area contributed by atoms with Crippen LogP contribution in [0.2, 0.25) is 0 Å². The molecule has 7 heavy (non-hydrogen) atoms. The Morgan fingerprint density at radius 1 is 1.00 bits per heavy atom. The predicted molar refractivity (Wildman–Crippen MR) is 24.3 cm³/mol. The van der Waals surface area contributed by atoms with Crippen molar-refractivity contribution in [1.82, 2.24) is 0 Å². The molecule has 0 rings (SSSR count). The quantitative estimate of drug-likeness (QED) is 0.318. The van der Waals surface area contributed by atoms with Crippen LogP contribution in [-0.2, 0) is 0 Å². The molecule has 4 nitrogen and oxygen atoms in total. The second-order valence-corrected chi connectivity index (χ2v) is 1.80. The molecule has 0 atom stereocenters. The van der Waals surface area contributed by atoms with Crippen molar-refractivity contribution < 1.29 is 50.2 Å². The van der Waals surface area contributed by atoms with Gasteiger partial charge in [-0.3, -0.25) is 0 Å². The van der Waals surface area contributed by atoms with Crippen molar-refractivity contribution in [1.29, 1.82) is 0 Å². The van der Waals surface area contributed by atoms with Crippen LogP contribution in [0, 0.1) is 0 Å². The minimum atomic E-state index is -4.61. The van der Waals surface area contributed by atoms with Crippen molar-refractivity contribution >= 4 is 33.0 Å². The third kappa shape index (κ3) is 78.2. The molecule has 0 heterocycles. The van der Waals surface area contributed by atoms with Crippen molar-refractivity contribution in [3.63, 3.8) is 0 Å². The molecule has 4 N–H and O–H groups in total. The summed E-state index contributed by atoms with van der Waals surface area (Å²) in [7, 11) is -4.61. The Morgan fingerprint density at radius 3 is 1.00 bits per heavy atom. The molecule has 7 heteroatoms. The molecule has 0 amide bonds. The Kier molecular flexibility index (Phi) is 13.6. The summed E-state index contributed by atoms with van der Waals surface area (Å²) >= 11 is 0. The molecule has 0 bridgehead atoms. The van der Waals surface area contributed by atoms with E-state index in [1.807, 2.05) is 0 Å². The molecule has 40 valence electrons. The second kappa shape index (κ2) is 5.98. The van der Waals surface area contributed by atoms with Crippen molar-refractivity contribution in [2.75, 3.05) is 0 Å². The Hall–Kier alpha value is 1.86. The Balaban J connectivity index is -0.0000000267. The summed E-state index contributed by atoms with van der Waals surface area (Å²) in [5, 5.41) is 0. The third-order valence-corrected chi connectivity index (χ3v) is 0. The van der Waals surface area contributed by atoms with Crippen LogP contribution in [-0.4, -0.2) is 52.1 Å². The van der Waals surface area contributed by atoms with Gasteiger partial charge in [-0.05, 0) is 0 Å². The van der Waals surface area contributed by atoms with Gasteiger partial charge in [0.15, 0.2) is 0 Å².